The molecule has 0 aromatic carbocycles. The Bertz CT molecular complexity index is 574. The zero-order valence-electron chi connectivity index (χ0n) is 11.1. The van der Waals surface area contributed by atoms with Crippen molar-refractivity contribution in [2.24, 2.45) is 0 Å². The van der Waals surface area contributed by atoms with Crippen molar-refractivity contribution in [1.29, 1.82) is 0 Å². The number of hydrogen-bond acceptors (Lipinski definition) is 4. The molecule has 0 bridgehead atoms. The van der Waals surface area contributed by atoms with E-state index in [0.717, 1.165) is 5.56 Å². The van der Waals surface area contributed by atoms with Gasteiger partial charge < -0.3 is 15.1 Å². The molecule has 2 aromatic rings. The number of nitrogens with one attached hydrogen (secondary N) is 3. The van der Waals surface area contributed by atoms with Crippen LogP contribution in [0, 0.1) is 6.92 Å². The summed E-state index contributed by atoms with van der Waals surface area (Å²) in [6.45, 7) is 2.26. The molecule has 2 heterocycles. The van der Waals surface area contributed by atoms with Crippen LogP contribution in [0.5, 0.6) is 0 Å². The third-order valence-electron chi connectivity index (χ3n) is 2.70. The summed E-state index contributed by atoms with van der Waals surface area (Å²) in [7, 11) is 0. The molecule has 0 aliphatic rings. The first-order chi connectivity index (χ1) is 9.66. The molecule has 0 saturated heterocycles. The summed E-state index contributed by atoms with van der Waals surface area (Å²) >= 11 is 0. The molecule has 7 heteroatoms. The number of amides is 2. The Hall–Kier alpha value is -2.57. The topological polar surface area (TPSA) is 100 Å². The van der Waals surface area contributed by atoms with Gasteiger partial charge in [0.15, 0.2) is 5.76 Å². The van der Waals surface area contributed by atoms with Crippen molar-refractivity contribution in [2.45, 2.75) is 19.8 Å². The normalized spacial score (nSPS) is 10.2. The number of hydrogen-bond donors (Lipinski definition) is 3. The average molecular weight is 276 g/mol. The van der Waals surface area contributed by atoms with E-state index < -0.39 is 0 Å². The fraction of sp³-hybridized carbons (Fsp3) is 0.308. The molecule has 0 aliphatic carbocycles. The largest absolute Gasteiger partial charge is 0.459 e. The summed E-state index contributed by atoms with van der Waals surface area (Å²) < 4.78 is 4.95. The van der Waals surface area contributed by atoms with Gasteiger partial charge >= 0.3 is 0 Å². The lowest BCUT2D eigenvalue weighted by atomic mass is 10.2. The van der Waals surface area contributed by atoms with Crippen LogP contribution < -0.4 is 10.6 Å². The molecule has 2 rings (SSSR count). The van der Waals surface area contributed by atoms with Crippen LogP contribution in [0.1, 0.15) is 29.0 Å². The first-order valence-electron chi connectivity index (χ1n) is 6.28. The maximum absolute atomic E-state index is 11.6. The van der Waals surface area contributed by atoms with Gasteiger partial charge in [0.05, 0.1) is 12.5 Å². The molecule has 0 saturated carbocycles. The van der Waals surface area contributed by atoms with Crippen molar-refractivity contribution >= 4 is 17.6 Å². The predicted molar refractivity (Wildman–Crippen MR) is 72.2 cm³/mol. The Morgan fingerprint density at radius 3 is 2.95 bits per heavy atom. The molecular formula is C13H16N4O3. The van der Waals surface area contributed by atoms with E-state index in [1.165, 1.54) is 6.26 Å². The number of anilines is 1. The number of nitrogens with zero attached hydrogens (tertiary/aromatic N) is 1. The predicted octanol–water partition coefficient (Wildman–Crippen LogP) is 1.46. The van der Waals surface area contributed by atoms with Gasteiger partial charge in [0, 0.05) is 18.5 Å². The van der Waals surface area contributed by atoms with Crippen molar-refractivity contribution in [1.82, 2.24) is 15.5 Å². The maximum Gasteiger partial charge on any atom is 0.286 e. The van der Waals surface area contributed by atoms with Gasteiger partial charge in [-0.2, -0.15) is 5.10 Å². The lowest BCUT2D eigenvalue weighted by Crippen LogP contribution is -2.25. The number of furan rings is 1. The summed E-state index contributed by atoms with van der Waals surface area (Å²) in [5.41, 5.74) is 0.879. The molecule has 0 fully saturated rings. The van der Waals surface area contributed by atoms with Gasteiger partial charge in [0.1, 0.15) is 5.82 Å². The minimum absolute atomic E-state index is 0.121. The fourth-order valence-corrected chi connectivity index (χ4v) is 1.62. The molecule has 0 aliphatic heterocycles. The molecule has 2 amide bonds. The highest BCUT2D eigenvalue weighted by atomic mass is 16.3. The second kappa shape index (κ2) is 6.55. The van der Waals surface area contributed by atoms with Crippen LogP contribution in [0.25, 0.3) is 0 Å². The molecule has 0 atom stereocenters. The first kappa shape index (κ1) is 13.9. The average Bonchev–Trinajstić information content (AvgIpc) is 3.07. The van der Waals surface area contributed by atoms with Crippen molar-refractivity contribution in [3.63, 3.8) is 0 Å². The van der Waals surface area contributed by atoms with Crippen LogP contribution in [0.2, 0.25) is 0 Å². The van der Waals surface area contributed by atoms with Gasteiger partial charge in [-0.05, 0) is 25.5 Å². The molecule has 0 spiro atoms. The molecule has 20 heavy (non-hydrogen) atoms. The zero-order chi connectivity index (χ0) is 14.4. The molecular weight excluding hydrogens is 260 g/mol. The molecule has 0 radical (unpaired) electrons. The Morgan fingerprint density at radius 2 is 2.30 bits per heavy atom. The number of aromatic nitrogens is 2. The second-order valence-electron chi connectivity index (χ2n) is 4.31. The van der Waals surface area contributed by atoms with Crippen LogP contribution in [0.3, 0.4) is 0 Å². The van der Waals surface area contributed by atoms with Crippen molar-refractivity contribution in [3.8, 4) is 0 Å². The van der Waals surface area contributed by atoms with Crippen LogP contribution in [-0.4, -0.2) is 28.6 Å². The SMILES string of the molecule is Cc1cn[nH]c1NC(=O)CCCNC(=O)c1ccco1. The summed E-state index contributed by atoms with van der Waals surface area (Å²) in [6.07, 6.45) is 3.94. The highest BCUT2D eigenvalue weighted by molar-refractivity contribution is 5.91. The van der Waals surface area contributed by atoms with Gasteiger partial charge in [-0.15, -0.1) is 0 Å². The lowest BCUT2D eigenvalue weighted by molar-refractivity contribution is -0.116. The molecule has 106 valence electrons. The Kier molecular flexibility index (Phi) is 4.54. The zero-order valence-corrected chi connectivity index (χ0v) is 11.1. The van der Waals surface area contributed by atoms with Gasteiger partial charge in [0.25, 0.3) is 5.91 Å². The first-order valence-corrected chi connectivity index (χ1v) is 6.28. The summed E-state index contributed by atoms with van der Waals surface area (Å²) in [6, 6.07) is 3.23. The van der Waals surface area contributed by atoms with Gasteiger partial charge in [-0.3, -0.25) is 14.7 Å². The number of aromatic amines is 1. The Morgan fingerprint density at radius 1 is 1.45 bits per heavy atom. The smallest absolute Gasteiger partial charge is 0.286 e. The standard InChI is InChI=1S/C13H16N4O3/c1-9-8-15-17-12(9)16-11(18)5-2-6-14-13(19)10-4-3-7-20-10/h3-4,7-8H,2,5-6H2,1H3,(H,14,19)(H2,15,16,17,18). The highest BCUT2D eigenvalue weighted by Gasteiger charge is 2.09. The number of rotatable bonds is 6. The van der Waals surface area contributed by atoms with E-state index in [0.29, 0.717) is 25.2 Å². The van der Waals surface area contributed by atoms with E-state index >= 15 is 0 Å². The lowest BCUT2D eigenvalue weighted by Gasteiger charge is -2.04. The third-order valence-corrected chi connectivity index (χ3v) is 2.70. The Labute approximate surface area is 115 Å². The van der Waals surface area contributed by atoms with Crippen LogP contribution >= 0.6 is 0 Å². The third kappa shape index (κ3) is 3.71. The van der Waals surface area contributed by atoms with Crippen molar-refractivity contribution in [3.05, 3.63) is 35.9 Å². The Balaban J connectivity index is 1.65. The molecule has 2 aromatic heterocycles. The minimum atomic E-state index is -0.278. The van der Waals surface area contributed by atoms with Crippen LogP contribution in [0.15, 0.2) is 29.0 Å². The summed E-state index contributed by atoms with van der Waals surface area (Å²) in [5, 5.41) is 11.9. The van der Waals surface area contributed by atoms with E-state index in [9.17, 15) is 9.59 Å². The number of aryl methyl sites for hydroxylation is 1. The monoisotopic (exact) mass is 276 g/mol. The summed E-state index contributed by atoms with van der Waals surface area (Å²) in [5.74, 6) is 0.474. The van der Waals surface area contributed by atoms with Gasteiger partial charge in [0.2, 0.25) is 5.91 Å². The van der Waals surface area contributed by atoms with E-state index in [1.807, 2.05) is 6.92 Å². The van der Waals surface area contributed by atoms with Crippen molar-refractivity contribution in [2.75, 3.05) is 11.9 Å². The van der Waals surface area contributed by atoms with E-state index in [4.69, 9.17) is 4.42 Å². The minimum Gasteiger partial charge on any atom is -0.459 e. The van der Waals surface area contributed by atoms with E-state index in [2.05, 4.69) is 20.8 Å². The summed E-state index contributed by atoms with van der Waals surface area (Å²) in [4.78, 5) is 23.2. The van der Waals surface area contributed by atoms with E-state index in [-0.39, 0.29) is 17.6 Å². The van der Waals surface area contributed by atoms with Crippen LogP contribution in [-0.2, 0) is 4.79 Å². The molecule has 3 N–H and O–H groups in total. The highest BCUT2D eigenvalue weighted by Crippen LogP contribution is 2.08. The van der Waals surface area contributed by atoms with E-state index in [1.54, 1.807) is 18.3 Å². The maximum atomic E-state index is 11.6. The number of carbonyl (C=O) groups excluding carboxylic acids is 2. The van der Waals surface area contributed by atoms with Crippen molar-refractivity contribution < 1.29 is 14.0 Å². The quantitative estimate of drug-likeness (QED) is 0.695. The second-order valence-corrected chi connectivity index (χ2v) is 4.31. The van der Waals surface area contributed by atoms with Crippen LogP contribution in [0.4, 0.5) is 5.82 Å². The molecule has 7 nitrogen and oxygen atoms in total. The molecule has 0 unspecified atom stereocenters. The number of carbonyl (C=O) groups is 2. The van der Waals surface area contributed by atoms with Gasteiger partial charge in [-0.25, -0.2) is 0 Å². The fourth-order valence-electron chi connectivity index (χ4n) is 1.62. The number of H-pyrrole nitrogens is 1. The van der Waals surface area contributed by atoms with Gasteiger partial charge in [-0.1, -0.05) is 0 Å².